The summed E-state index contributed by atoms with van der Waals surface area (Å²) in [7, 11) is -4.21. The zero-order valence-electron chi connectivity index (χ0n) is 7.86. The Bertz CT molecular complexity index is 568. The van der Waals surface area contributed by atoms with Crippen LogP contribution in [0.1, 0.15) is 11.6 Å². The van der Waals surface area contributed by atoms with E-state index in [1.807, 2.05) is 0 Å². The van der Waals surface area contributed by atoms with Gasteiger partial charge in [0, 0.05) is 0 Å². The standard InChI is InChI=1S/C8H7N3O3S2/c12-16(13,14)6-3-1-2-5(4-6)7-8(15)10-11-9-7/h1-4,7H,(H,9,10,15)(H,12,13,14). The molecule has 0 aromatic heterocycles. The van der Waals surface area contributed by atoms with E-state index in [1.165, 1.54) is 18.2 Å². The van der Waals surface area contributed by atoms with Crippen LogP contribution in [0.15, 0.2) is 39.5 Å². The maximum atomic E-state index is 10.9. The Kier molecular flexibility index (Phi) is 2.70. The fraction of sp³-hybridized carbons (Fsp3) is 0.125. The number of hydrogen-bond acceptors (Lipinski definition) is 5. The molecule has 0 saturated carbocycles. The van der Waals surface area contributed by atoms with Crippen LogP contribution < -0.4 is 5.43 Å². The quantitative estimate of drug-likeness (QED) is 0.615. The summed E-state index contributed by atoms with van der Waals surface area (Å²) >= 11 is 4.95. The highest BCUT2D eigenvalue weighted by molar-refractivity contribution is 7.85. The summed E-state index contributed by atoms with van der Waals surface area (Å²) in [5, 5.41) is 7.34. The van der Waals surface area contributed by atoms with Crippen molar-refractivity contribution in [3.8, 4) is 0 Å². The van der Waals surface area contributed by atoms with Crippen LogP contribution in [0.4, 0.5) is 0 Å². The van der Waals surface area contributed by atoms with Gasteiger partial charge in [-0.25, -0.2) is 0 Å². The molecule has 0 radical (unpaired) electrons. The molecule has 0 amide bonds. The first kappa shape index (κ1) is 11.1. The Balaban J connectivity index is 2.44. The Morgan fingerprint density at radius 1 is 1.44 bits per heavy atom. The largest absolute Gasteiger partial charge is 0.294 e. The second-order valence-electron chi connectivity index (χ2n) is 3.14. The molecule has 6 nitrogen and oxygen atoms in total. The Morgan fingerprint density at radius 2 is 2.19 bits per heavy atom. The molecule has 1 aromatic rings. The minimum atomic E-state index is -4.21. The smallest absolute Gasteiger partial charge is 0.282 e. The molecule has 16 heavy (non-hydrogen) atoms. The van der Waals surface area contributed by atoms with E-state index in [0.29, 0.717) is 10.6 Å². The zero-order chi connectivity index (χ0) is 11.8. The van der Waals surface area contributed by atoms with E-state index >= 15 is 0 Å². The van der Waals surface area contributed by atoms with Crippen LogP contribution in [0, 0.1) is 0 Å². The Morgan fingerprint density at radius 3 is 2.75 bits per heavy atom. The summed E-state index contributed by atoms with van der Waals surface area (Å²) in [6.07, 6.45) is 0. The third-order valence-electron chi connectivity index (χ3n) is 2.05. The molecule has 2 N–H and O–H groups in total. The van der Waals surface area contributed by atoms with Gasteiger partial charge in [-0.2, -0.15) is 13.5 Å². The summed E-state index contributed by atoms with van der Waals surface area (Å²) < 4.78 is 30.8. The van der Waals surface area contributed by atoms with Gasteiger partial charge < -0.3 is 0 Å². The van der Waals surface area contributed by atoms with Gasteiger partial charge in [0.25, 0.3) is 10.1 Å². The van der Waals surface area contributed by atoms with Crippen molar-refractivity contribution < 1.29 is 13.0 Å². The van der Waals surface area contributed by atoms with E-state index < -0.39 is 16.2 Å². The predicted octanol–water partition coefficient (Wildman–Crippen LogP) is 1.27. The van der Waals surface area contributed by atoms with E-state index in [2.05, 4.69) is 15.8 Å². The van der Waals surface area contributed by atoms with Crippen LogP contribution in [-0.2, 0) is 10.1 Å². The molecule has 2 rings (SSSR count). The number of nitrogens with one attached hydrogen (secondary N) is 1. The third kappa shape index (κ3) is 2.08. The highest BCUT2D eigenvalue weighted by Crippen LogP contribution is 2.24. The van der Waals surface area contributed by atoms with Crippen LogP contribution >= 0.6 is 12.2 Å². The van der Waals surface area contributed by atoms with Crippen molar-refractivity contribution in [3.05, 3.63) is 29.8 Å². The van der Waals surface area contributed by atoms with Gasteiger partial charge in [0.05, 0.1) is 4.90 Å². The first-order chi connectivity index (χ1) is 7.48. The highest BCUT2D eigenvalue weighted by Gasteiger charge is 2.22. The minimum absolute atomic E-state index is 0.185. The molecular weight excluding hydrogens is 250 g/mol. The van der Waals surface area contributed by atoms with Crippen molar-refractivity contribution in [2.24, 2.45) is 10.3 Å². The second-order valence-corrected chi connectivity index (χ2v) is 5.00. The van der Waals surface area contributed by atoms with Crippen LogP contribution in [0.25, 0.3) is 0 Å². The SMILES string of the molecule is O=S(=O)(O)c1cccc(C2N=NNC2=S)c1. The van der Waals surface area contributed by atoms with Crippen LogP contribution in [0.5, 0.6) is 0 Å². The van der Waals surface area contributed by atoms with Gasteiger partial charge in [0.2, 0.25) is 0 Å². The summed E-state index contributed by atoms with van der Waals surface area (Å²) in [4.78, 5) is 0.211. The van der Waals surface area contributed by atoms with E-state index in [-0.39, 0.29) is 4.90 Å². The number of nitrogens with zero attached hydrogens (tertiary/aromatic N) is 2. The number of rotatable bonds is 2. The van der Waals surface area contributed by atoms with E-state index in [9.17, 15) is 8.42 Å². The van der Waals surface area contributed by atoms with Crippen molar-refractivity contribution in [1.29, 1.82) is 0 Å². The van der Waals surface area contributed by atoms with Gasteiger partial charge in [-0.3, -0.25) is 9.98 Å². The average Bonchev–Trinajstić information content (AvgIpc) is 2.63. The highest BCUT2D eigenvalue weighted by atomic mass is 32.2. The third-order valence-corrected chi connectivity index (χ3v) is 3.22. The van der Waals surface area contributed by atoms with Gasteiger partial charge in [-0.1, -0.05) is 29.6 Å². The van der Waals surface area contributed by atoms with Gasteiger partial charge in [0.1, 0.15) is 11.0 Å². The first-order valence-corrected chi connectivity index (χ1v) is 6.10. The molecule has 1 unspecified atom stereocenters. The maximum absolute atomic E-state index is 10.9. The van der Waals surface area contributed by atoms with Crippen molar-refractivity contribution in [2.75, 3.05) is 0 Å². The summed E-state index contributed by atoms with van der Waals surface area (Å²) in [5.74, 6) is 0. The first-order valence-electron chi connectivity index (χ1n) is 4.25. The number of thiocarbonyl (C=S) groups is 1. The molecule has 1 heterocycles. The van der Waals surface area contributed by atoms with Gasteiger partial charge in [-0.15, -0.1) is 0 Å². The van der Waals surface area contributed by atoms with Crippen molar-refractivity contribution >= 4 is 27.3 Å². The molecule has 0 saturated heterocycles. The molecule has 0 aliphatic carbocycles. The summed E-state index contributed by atoms with van der Waals surface area (Å²) in [6, 6.07) is 5.29. The van der Waals surface area contributed by atoms with Crippen molar-refractivity contribution in [3.63, 3.8) is 0 Å². The molecule has 0 bridgehead atoms. The molecule has 0 fully saturated rings. The topological polar surface area (TPSA) is 91.1 Å². The normalized spacial score (nSPS) is 19.8. The van der Waals surface area contributed by atoms with Crippen LogP contribution in [0.3, 0.4) is 0 Å². The van der Waals surface area contributed by atoms with E-state index in [1.54, 1.807) is 6.07 Å². The van der Waals surface area contributed by atoms with Gasteiger partial charge >= 0.3 is 0 Å². The molecular formula is C8H7N3O3S2. The molecule has 1 aliphatic heterocycles. The van der Waals surface area contributed by atoms with E-state index in [4.69, 9.17) is 16.8 Å². The molecule has 1 atom stereocenters. The van der Waals surface area contributed by atoms with Crippen molar-refractivity contribution in [2.45, 2.75) is 10.9 Å². The van der Waals surface area contributed by atoms with Crippen molar-refractivity contribution in [1.82, 2.24) is 5.43 Å². The summed E-state index contributed by atoms with van der Waals surface area (Å²) in [5.41, 5.74) is 3.07. The van der Waals surface area contributed by atoms with Gasteiger partial charge in [-0.05, 0) is 17.7 Å². The van der Waals surface area contributed by atoms with Crippen LogP contribution in [-0.4, -0.2) is 18.0 Å². The maximum Gasteiger partial charge on any atom is 0.294 e. The number of benzene rings is 1. The lowest BCUT2D eigenvalue weighted by Crippen LogP contribution is -2.15. The average molecular weight is 257 g/mol. The lowest BCUT2D eigenvalue weighted by molar-refractivity contribution is 0.483. The monoisotopic (exact) mass is 257 g/mol. The zero-order valence-corrected chi connectivity index (χ0v) is 9.49. The molecule has 1 aromatic carbocycles. The lowest BCUT2D eigenvalue weighted by atomic mass is 10.1. The fourth-order valence-electron chi connectivity index (χ4n) is 1.31. The van der Waals surface area contributed by atoms with Crippen LogP contribution in [0.2, 0.25) is 0 Å². The number of hydrogen-bond donors (Lipinski definition) is 2. The summed E-state index contributed by atoms with van der Waals surface area (Å²) in [6.45, 7) is 0. The van der Waals surface area contributed by atoms with Gasteiger partial charge in [0.15, 0.2) is 0 Å². The molecule has 0 spiro atoms. The minimum Gasteiger partial charge on any atom is -0.282 e. The molecule has 8 heteroatoms. The predicted molar refractivity (Wildman–Crippen MR) is 59.6 cm³/mol. The Labute approximate surface area is 97.1 Å². The molecule has 1 aliphatic rings. The molecule has 84 valence electrons. The lowest BCUT2D eigenvalue weighted by Gasteiger charge is -2.06. The van der Waals surface area contributed by atoms with E-state index in [0.717, 1.165) is 0 Å². The fourth-order valence-corrected chi connectivity index (χ4v) is 2.07. The Hall–Kier alpha value is -1.38. The second kappa shape index (κ2) is 3.89.